The van der Waals surface area contributed by atoms with Gasteiger partial charge in [0, 0.05) is 5.57 Å². The largest absolute Gasteiger partial charge is 0.366 e. The third-order valence-electron chi connectivity index (χ3n) is 1.35. The Labute approximate surface area is 66.7 Å². The van der Waals surface area contributed by atoms with Crippen LogP contribution >= 0.6 is 0 Å². The minimum Gasteiger partial charge on any atom is -0.366 e. The fourth-order valence-corrected chi connectivity index (χ4v) is 0.760. The number of primary amides is 1. The van der Waals surface area contributed by atoms with Gasteiger partial charge in [-0.2, -0.15) is 0 Å². The fourth-order valence-electron chi connectivity index (χ4n) is 0.760. The molecule has 0 unspecified atom stereocenters. The molecular formula is C9H9NO. The molecule has 0 heterocycles. The molecule has 1 aromatic carbocycles. The lowest BCUT2D eigenvalue weighted by Crippen LogP contribution is -2.11. The monoisotopic (exact) mass is 148 g/mol. The first-order valence-electron chi connectivity index (χ1n) is 3.77. The Bertz CT molecular complexity index is 306. The number of hydrogen-bond donors (Lipinski definition) is 1. The molecule has 1 amide bonds. The minimum absolute atomic E-state index is 0.232. The van der Waals surface area contributed by atoms with E-state index in [-0.39, 0.29) is 5.57 Å². The maximum absolute atomic E-state index is 10.8. The summed E-state index contributed by atoms with van der Waals surface area (Å²) in [5.74, 6) is -0.573. The summed E-state index contributed by atoms with van der Waals surface area (Å²) in [4.78, 5) is 10.8. The molecule has 0 aliphatic heterocycles. The van der Waals surface area contributed by atoms with E-state index in [0.717, 1.165) is 6.55 Å². The summed E-state index contributed by atoms with van der Waals surface area (Å²) in [7, 11) is 0. The van der Waals surface area contributed by atoms with E-state index in [2.05, 4.69) is 0 Å². The van der Waals surface area contributed by atoms with Crippen LogP contribution in [0.25, 0.3) is 5.57 Å². The lowest BCUT2D eigenvalue weighted by atomic mass is 10.1. The number of carbonyl (C=O) groups is 1. The first-order valence-corrected chi connectivity index (χ1v) is 3.19. The Balaban J connectivity index is 3.05. The molecule has 0 radical (unpaired) electrons. The van der Waals surface area contributed by atoms with E-state index in [1.54, 1.807) is 24.3 Å². The molecule has 2 N–H and O–H groups in total. The topological polar surface area (TPSA) is 43.1 Å². The summed E-state index contributed by atoms with van der Waals surface area (Å²) in [5.41, 5.74) is 5.96. The predicted octanol–water partition coefficient (Wildman–Crippen LogP) is 1.19. The van der Waals surface area contributed by atoms with Gasteiger partial charge in [-0.25, -0.2) is 0 Å². The molecule has 0 bridgehead atoms. The Kier molecular flexibility index (Phi) is 1.69. The zero-order valence-corrected chi connectivity index (χ0v) is 5.95. The molecule has 1 rings (SSSR count). The molecule has 2 nitrogen and oxygen atoms in total. The number of benzene rings is 1. The van der Waals surface area contributed by atoms with Gasteiger partial charge in [0.05, 0.1) is 1.37 Å². The van der Waals surface area contributed by atoms with E-state index in [0.29, 0.717) is 5.56 Å². The van der Waals surface area contributed by atoms with Gasteiger partial charge in [0.15, 0.2) is 0 Å². The molecule has 0 spiro atoms. The van der Waals surface area contributed by atoms with Crippen LogP contribution in [0.3, 0.4) is 0 Å². The summed E-state index contributed by atoms with van der Waals surface area (Å²) in [6, 6.07) is 8.91. The second-order valence-corrected chi connectivity index (χ2v) is 2.14. The molecule has 0 saturated heterocycles. The quantitative estimate of drug-likeness (QED) is 0.629. The van der Waals surface area contributed by atoms with Gasteiger partial charge in [0.2, 0.25) is 5.91 Å². The van der Waals surface area contributed by atoms with Crippen molar-refractivity contribution >= 4 is 11.5 Å². The molecule has 0 aliphatic rings. The molecule has 1 aromatic rings. The van der Waals surface area contributed by atoms with Crippen LogP contribution in [0, 0.1) is 0 Å². The molecule has 2 heteroatoms. The number of amides is 1. The maximum Gasteiger partial charge on any atom is 0.248 e. The summed E-state index contributed by atoms with van der Waals surface area (Å²) >= 11 is 0. The van der Waals surface area contributed by atoms with Gasteiger partial charge in [-0.3, -0.25) is 4.79 Å². The summed E-state index contributed by atoms with van der Waals surface area (Å²) in [6.07, 6.45) is 0. The first-order chi connectivity index (χ1) is 5.75. The van der Waals surface area contributed by atoms with Crippen LogP contribution < -0.4 is 5.73 Å². The molecule has 56 valence electrons. The van der Waals surface area contributed by atoms with E-state index in [1.165, 1.54) is 0 Å². The van der Waals surface area contributed by atoms with E-state index >= 15 is 0 Å². The number of rotatable bonds is 2. The van der Waals surface area contributed by atoms with Crippen molar-refractivity contribution in [3.8, 4) is 0 Å². The highest BCUT2D eigenvalue weighted by molar-refractivity contribution is 6.17. The van der Waals surface area contributed by atoms with Crippen molar-refractivity contribution in [1.29, 1.82) is 0 Å². The maximum atomic E-state index is 10.8. The average Bonchev–Trinajstić information content (AvgIpc) is 2.07. The van der Waals surface area contributed by atoms with E-state index in [1.807, 2.05) is 6.07 Å². The van der Waals surface area contributed by atoms with Gasteiger partial charge in [-0.15, -0.1) is 0 Å². The summed E-state index contributed by atoms with van der Waals surface area (Å²) in [6.45, 7) is 0.970. The molecular weight excluding hydrogens is 138 g/mol. The normalized spacial score (nSPS) is 12.4. The SMILES string of the molecule is [2H]C=C(C(N)=O)c1ccccc1. The van der Waals surface area contributed by atoms with Crippen LogP contribution in [0.5, 0.6) is 0 Å². The molecule has 0 fully saturated rings. The Morgan fingerprint density at radius 1 is 1.45 bits per heavy atom. The highest BCUT2D eigenvalue weighted by atomic mass is 16.1. The summed E-state index contributed by atoms with van der Waals surface area (Å²) < 4.78 is 6.96. The van der Waals surface area contributed by atoms with Crippen LogP contribution in [0.15, 0.2) is 36.9 Å². The molecule has 11 heavy (non-hydrogen) atoms. The molecule has 0 aliphatic carbocycles. The number of carbonyl (C=O) groups excluding carboxylic acids is 1. The lowest BCUT2D eigenvalue weighted by Gasteiger charge is -1.98. The fraction of sp³-hybridized carbons (Fsp3) is 0. The van der Waals surface area contributed by atoms with Gasteiger partial charge in [0.1, 0.15) is 0 Å². The zero-order valence-electron chi connectivity index (χ0n) is 6.95. The standard InChI is InChI=1S/C9H9NO/c1-7(9(10)11)8-5-3-2-4-6-8/h2-6H,1H2,(H2,10,11)/i1D. The smallest absolute Gasteiger partial charge is 0.248 e. The minimum atomic E-state index is -0.573. The second-order valence-electron chi connectivity index (χ2n) is 2.14. The van der Waals surface area contributed by atoms with Crippen LogP contribution in [-0.4, -0.2) is 5.91 Å². The molecule has 0 aromatic heterocycles. The molecule has 0 saturated carbocycles. The molecule has 0 atom stereocenters. The van der Waals surface area contributed by atoms with Crippen molar-refractivity contribution in [2.45, 2.75) is 0 Å². The van der Waals surface area contributed by atoms with E-state index in [9.17, 15) is 4.79 Å². The number of nitrogens with two attached hydrogens (primary N) is 1. The zero-order chi connectivity index (χ0) is 8.97. The second kappa shape index (κ2) is 3.01. The highest BCUT2D eigenvalue weighted by Gasteiger charge is 2.02. The van der Waals surface area contributed by atoms with Crippen molar-refractivity contribution in [2.75, 3.05) is 0 Å². The Morgan fingerprint density at radius 2 is 2.09 bits per heavy atom. The predicted molar refractivity (Wildman–Crippen MR) is 44.7 cm³/mol. The van der Waals surface area contributed by atoms with Crippen LogP contribution in [0.1, 0.15) is 6.93 Å². The van der Waals surface area contributed by atoms with Gasteiger partial charge >= 0.3 is 0 Å². The third kappa shape index (κ3) is 1.67. The lowest BCUT2D eigenvalue weighted by molar-refractivity contribution is -0.112. The average molecular weight is 148 g/mol. The highest BCUT2D eigenvalue weighted by Crippen LogP contribution is 2.09. The van der Waals surface area contributed by atoms with Crippen molar-refractivity contribution in [2.24, 2.45) is 5.73 Å². The Morgan fingerprint density at radius 3 is 2.55 bits per heavy atom. The summed E-state index contributed by atoms with van der Waals surface area (Å²) in [5, 5.41) is 0. The van der Waals surface area contributed by atoms with Gasteiger partial charge < -0.3 is 5.73 Å². The van der Waals surface area contributed by atoms with Crippen molar-refractivity contribution in [3.05, 3.63) is 42.5 Å². The van der Waals surface area contributed by atoms with Crippen LogP contribution in [0.4, 0.5) is 0 Å². The van der Waals surface area contributed by atoms with Crippen molar-refractivity contribution in [3.63, 3.8) is 0 Å². The Hall–Kier alpha value is -1.57. The first kappa shape index (κ1) is 6.16. The van der Waals surface area contributed by atoms with Gasteiger partial charge in [0.25, 0.3) is 0 Å². The van der Waals surface area contributed by atoms with Gasteiger partial charge in [-0.05, 0) is 5.56 Å². The van der Waals surface area contributed by atoms with Gasteiger partial charge in [-0.1, -0.05) is 36.9 Å². The van der Waals surface area contributed by atoms with E-state index < -0.39 is 5.91 Å². The van der Waals surface area contributed by atoms with Crippen LogP contribution in [0.2, 0.25) is 0 Å². The van der Waals surface area contributed by atoms with Crippen molar-refractivity contribution < 1.29 is 6.17 Å². The van der Waals surface area contributed by atoms with Crippen molar-refractivity contribution in [1.82, 2.24) is 0 Å². The number of hydrogen-bond acceptors (Lipinski definition) is 1. The van der Waals surface area contributed by atoms with Crippen LogP contribution in [-0.2, 0) is 4.79 Å². The van der Waals surface area contributed by atoms with E-state index in [4.69, 9.17) is 7.10 Å². The third-order valence-corrected chi connectivity index (χ3v) is 1.35.